The van der Waals surface area contributed by atoms with Gasteiger partial charge in [0.05, 0.1) is 17.2 Å². The Hall–Kier alpha value is -2.74. The first-order valence-corrected chi connectivity index (χ1v) is 6.60. The van der Waals surface area contributed by atoms with Gasteiger partial charge in [-0.05, 0) is 14.1 Å². The van der Waals surface area contributed by atoms with Crippen molar-refractivity contribution in [2.75, 3.05) is 27.2 Å². The van der Waals surface area contributed by atoms with Crippen LogP contribution in [0.4, 0.5) is 5.69 Å². The molecule has 0 fully saturated rings. The van der Waals surface area contributed by atoms with Crippen LogP contribution in [0.15, 0.2) is 38.6 Å². The number of H-pyrrole nitrogens is 1. The van der Waals surface area contributed by atoms with E-state index in [1.807, 2.05) is 19.0 Å². The maximum Gasteiger partial charge on any atom is 0.366 e. The molecule has 1 aromatic heterocycles. The van der Waals surface area contributed by atoms with Crippen LogP contribution >= 0.6 is 0 Å². The standard InChI is InChI=1S/C14H16N4O4/c1-17(2)7-6-15-9-12-13(16-22-14(12)19)10-4-3-5-11(8-10)18(20)21/h3-5,8-9,16H,6-7H2,1-2H3. The zero-order valence-electron chi connectivity index (χ0n) is 12.3. The second kappa shape index (κ2) is 6.81. The zero-order valence-corrected chi connectivity index (χ0v) is 12.3. The minimum Gasteiger partial charge on any atom is -0.338 e. The molecule has 0 aliphatic rings. The molecule has 1 N–H and O–H groups in total. The summed E-state index contributed by atoms with van der Waals surface area (Å²) in [6.07, 6.45) is 1.43. The number of non-ortho nitro benzene ring substituents is 1. The third-order valence-corrected chi connectivity index (χ3v) is 2.98. The van der Waals surface area contributed by atoms with Gasteiger partial charge in [0.1, 0.15) is 5.56 Å². The lowest BCUT2D eigenvalue weighted by Crippen LogP contribution is -2.15. The predicted molar refractivity (Wildman–Crippen MR) is 82.4 cm³/mol. The highest BCUT2D eigenvalue weighted by Crippen LogP contribution is 2.23. The van der Waals surface area contributed by atoms with E-state index >= 15 is 0 Å². The Kier molecular flexibility index (Phi) is 4.84. The van der Waals surface area contributed by atoms with Crippen LogP contribution in [-0.4, -0.2) is 48.4 Å². The topological polar surface area (TPSA) is 105 Å². The fraction of sp³-hybridized carbons (Fsp3) is 0.286. The van der Waals surface area contributed by atoms with E-state index in [0.29, 0.717) is 17.8 Å². The van der Waals surface area contributed by atoms with Crippen LogP contribution in [0.3, 0.4) is 0 Å². The fourth-order valence-corrected chi connectivity index (χ4v) is 1.83. The van der Waals surface area contributed by atoms with Crippen LogP contribution < -0.4 is 5.63 Å². The summed E-state index contributed by atoms with van der Waals surface area (Å²) >= 11 is 0. The number of hydrogen-bond donors (Lipinski definition) is 1. The molecular formula is C14H16N4O4. The van der Waals surface area contributed by atoms with E-state index in [-0.39, 0.29) is 11.3 Å². The lowest BCUT2D eigenvalue weighted by Gasteiger charge is -2.05. The molecule has 0 spiro atoms. The van der Waals surface area contributed by atoms with Gasteiger partial charge in [0, 0.05) is 30.5 Å². The van der Waals surface area contributed by atoms with E-state index in [1.54, 1.807) is 12.1 Å². The van der Waals surface area contributed by atoms with Crippen molar-refractivity contribution in [1.29, 1.82) is 0 Å². The Morgan fingerprint density at radius 1 is 1.45 bits per heavy atom. The van der Waals surface area contributed by atoms with Crippen molar-refractivity contribution in [3.8, 4) is 11.3 Å². The van der Waals surface area contributed by atoms with Crippen molar-refractivity contribution in [2.45, 2.75) is 0 Å². The van der Waals surface area contributed by atoms with E-state index in [2.05, 4.69) is 10.1 Å². The van der Waals surface area contributed by atoms with Gasteiger partial charge in [-0.25, -0.2) is 9.95 Å². The Labute approximate surface area is 126 Å². The zero-order chi connectivity index (χ0) is 16.1. The summed E-state index contributed by atoms with van der Waals surface area (Å²) in [5, 5.41) is 13.3. The van der Waals surface area contributed by atoms with Crippen LogP contribution in [0.2, 0.25) is 0 Å². The van der Waals surface area contributed by atoms with Crippen LogP contribution in [0.25, 0.3) is 11.3 Å². The first kappa shape index (κ1) is 15.6. The van der Waals surface area contributed by atoms with Crippen molar-refractivity contribution < 1.29 is 9.45 Å². The Morgan fingerprint density at radius 3 is 2.91 bits per heavy atom. The average Bonchev–Trinajstić information content (AvgIpc) is 2.85. The van der Waals surface area contributed by atoms with E-state index in [1.165, 1.54) is 18.3 Å². The molecule has 1 aromatic carbocycles. The molecule has 2 aromatic rings. The molecule has 0 amide bonds. The second-order valence-electron chi connectivity index (χ2n) is 4.93. The van der Waals surface area contributed by atoms with Gasteiger partial charge in [0.15, 0.2) is 0 Å². The summed E-state index contributed by atoms with van der Waals surface area (Å²) in [6, 6.07) is 5.96. The molecule has 0 atom stereocenters. The summed E-state index contributed by atoms with van der Waals surface area (Å²) in [5.74, 6) is 0. The Bertz CT molecular complexity index is 745. The minimum absolute atomic E-state index is 0.0601. The van der Waals surface area contributed by atoms with Gasteiger partial charge < -0.3 is 9.42 Å². The number of nitro benzene ring substituents is 1. The molecule has 22 heavy (non-hydrogen) atoms. The molecule has 0 saturated carbocycles. The SMILES string of the molecule is CN(C)CCN=Cc1c(-c2cccc([N+](=O)[O-])c2)[nH]oc1=O. The van der Waals surface area contributed by atoms with Gasteiger partial charge in [-0.2, -0.15) is 0 Å². The molecule has 1 heterocycles. The monoisotopic (exact) mass is 304 g/mol. The quantitative estimate of drug-likeness (QED) is 0.495. The van der Waals surface area contributed by atoms with Crippen molar-refractivity contribution in [3.63, 3.8) is 0 Å². The molecule has 0 unspecified atom stereocenters. The summed E-state index contributed by atoms with van der Waals surface area (Å²) in [6.45, 7) is 1.28. The maximum absolute atomic E-state index is 11.7. The van der Waals surface area contributed by atoms with Crippen LogP contribution in [-0.2, 0) is 0 Å². The summed E-state index contributed by atoms with van der Waals surface area (Å²) in [4.78, 5) is 28.2. The molecular weight excluding hydrogens is 288 g/mol. The minimum atomic E-state index is -0.560. The van der Waals surface area contributed by atoms with E-state index in [9.17, 15) is 14.9 Å². The van der Waals surface area contributed by atoms with E-state index in [4.69, 9.17) is 4.52 Å². The van der Waals surface area contributed by atoms with Crippen LogP contribution in [0.1, 0.15) is 5.56 Å². The molecule has 8 nitrogen and oxygen atoms in total. The Balaban J connectivity index is 2.31. The van der Waals surface area contributed by atoms with Gasteiger partial charge in [-0.15, -0.1) is 0 Å². The molecule has 116 valence electrons. The number of nitrogens with zero attached hydrogens (tertiary/aromatic N) is 3. The fourth-order valence-electron chi connectivity index (χ4n) is 1.83. The van der Waals surface area contributed by atoms with Crippen LogP contribution in [0, 0.1) is 10.1 Å². The van der Waals surface area contributed by atoms with Gasteiger partial charge in [-0.3, -0.25) is 15.1 Å². The molecule has 0 saturated heterocycles. The molecule has 8 heteroatoms. The van der Waals surface area contributed by atoms with Gasteiger partial charge in [-0.1, -0.05) is 12.1 Å². The first-order chi connectivity index (χ1) is 10.5. The number of benzene rings is 1. The lowest BCUT2D eigenvalue weighted by molar-refractivity contribution is -0.384. The number of aromatic amines is 1. The number of rotatable bonds is 6. The summed E-state index contributed by atoms with van der Waals surface area (Å²) in [7, 11) is 3.85. The highest BCUT2D eigenvalue weighted by atomic mass is 16.6. The van der Waals surface area contributed by atoms with E-state index < -0.39 is 10.5 Å². The van der Waals surface area contributed by atoms with Crippen molar-refractivity contribution in [3.05, 3.63) is 50.4 Å². The maximum atomic E-state index is 11.7. The van der Waals surface area contributed by atoms with Crippen molar-refractivity contribution in [2.24, 2.45) is 4.99 Å². The molecule has 2 rings (SSSR count). The molecule has 0 radical (unpaired) electrons. The van der Waals surface area contributed by atoms with Gasteiger partial charge in [0.25, 0.3) is 5.69 Å². The smallest absolute Gasteiger partial charge is 0.338 e. The third kappa shape index (κ3) is 3.67. The summed E-state index contributed by atoms with van der Waals surface area (Å²) in [5.41, 5.74) is 0.501. The van der Waals surface area contributed by atoms with Gasteiger partial charge >= 0.3 is 5.63 Å². The number of nitro groups is 1. The Morgan fingerprint density at radius 2 is 2.23 bits per heavy atom. The van der Waals surface area contributed by atoms with Crippen molar-refractivity contribution >= 4 is 11.9 Å². The van der Waals surface area contributed by atoms with Crippen molar-refractivity contribution in [1.82, 2.24) is 10.1 Å². The highest BCUT2D eigenvalue weighted by molar-refractivity contribution is 5.88. The normalized spacial score (nSPS) is 11.4. The third-order valence-electron chi connectivity index (χ3n) is 2.98. The number of hydrogen-bond acceptors (Lipinski definition) is 6. The second-order valence-corrected chi connectivity index (χ2v) is 4.93. The number of nitrogens with one attached hydrogen (secondary N) is 1. The lowest BCUT2D eigenvalue weighted by atomic mass is 10.1. The molecule has 0 bridgehead atoms. The first-order valence-electron chi connectivity index (χ1n) is 6.60. The molecule has 0 aliphatic heterocycles. The van der Waals surface area contributed by atoms with Crippen LogP contribution in [0.5, 0.6) is 0 Å². The molecule has 0 aliphatic carbocycles. The van der Waals surface area contributed by atoms with E-state index in [0.717, 1.165) is 6.54 Å². The number of likely N-dealkylation sites (N-methyl/N-ethyl adjacent to an activating group) is 1. The average molecular weight is 304 g/mol. The number of aromatic nitrogens is 1. The largest absolute Gasteiger partial charge is 0.366 e. The predicted octanol–water partition coefficient (Wildman–Crippen LogP) is 1.52. The summed E-state index contributed by atoms with van der Waals surface area (Å²) < 4.78 is 4.78. The highest BCUT2D eigenvalue weighted by Gasteiger charge is 2.14. The van der Waals surface area contributed by atoms with Gasteiger partial charge in [0.2, 0.25) is 0 Å². The number of aliphatic imine (C=N–C) groups is 1.